The van der Waals surface area contributed by atoms with Gasteiger partial charge in [-0.1, -0.05) is 6.07 Å². The van der Waals surface area contributed by atoms with Crippen LogP contribution in [0.25, 0.3) is 0 Å². The maximum Gasteiger partial charge on any atom is 0.242 e. The quantitative estimate of drug-likeness (QED) is 0.597. The number of aryl methyl sites for hydroxylation is 2. The molecule has 0 aliphatic carbocycles. The standard InChI is InChI=1S/C18H23FN4O2S/c1-13-4-7-16(12-14(13)2)22-18(20)21-10-11-23(3)26(24,25)17-8-5-15(19)6-9-17/h4-9,12H,10-11H2,1-3H3,(H3,20,21,22). The lowest BCUT2D eigenvalue weighted by molar-refractivity contribution is 0.477. The molecule has 0 saturated heterocycles. The number of hydrogen-bond acceptors (Lipinski definition) is 3. The van der Waals surface area contributed by atoms with Gasteiger partial charge >= 0.3 is 0 Å². The van der Waals surface area contributed by atoms with E-state index in [4.69, 9.17) is 5.73 Å². The van der Waals surface area contributed by atoms with Gasteiger partial charge in [0.05, 0.1) is 11.4 Å². The van der Waals surface area contributed by atoms with E-state index < -0.39 is 15.8 Å². The number of halogens is 1. The highest BCUT2D eigenvalue weighted by atomic mass is 32.2. The molecule has 0 heterocycles. The number of guanidine groups is 1. The molecule has 3 N–H and O–H groups in total. The first-order valence-electron chi connectivity index (χ1n) is 8.06. The van der Waals surface area contributed by atoms with Crippen LogP contribution in [-0.4, -0.2) is 38.8 Å². The fraction of sp³-hybridized carbons (Fsp3) is 0.278. The van der Waals surface area contributed by atoms with Gasteiger partial charge in [-0.3, -0.25) is 4.99 Å². The second-order valence-corrected chi connectivity index (χ2v) is 8.02. The Morgan fingerprint density at radius 1 is 1.15 bits per heavy atom. The number of nitrogens with one attached hydrogen (secondary N) is 1. The fourth-order valence-electron chi connectivity index (χ4n) is 2.22. The van der Waals surface area contributed by atoms with Crippen LogP contribution in [0, 0.1) is 19.7 Å². The number of nitrogens with zero attached hydrogens (tertiary/aromatic N) is 2. The summed E-state index contributed by atoms with van der Waals surface area (Å²) in [4.78, 5) is 4.18. The Hall–Kier alpha value is -2.45. The molecule has 0 spiro atoms. The van der Waals surface area contributed by atoms with Crippen LogP contribution in [0.5, 0.6) is 0 Å². The molecule has 0 unspecified atom stereocenters. The van der Waals surface area contributed by atoms with Crippen LogP contribution in [0.15, 0.2) is 52.4 Å². The number of benzene rings is 2. The zero-order chi connectivity index (χ0) is 19.3. The van der Waals surface area contributed by atoms with Gasteiger partial charge in [-0.15, -0.1) is 0 Å². The summed E-state index contributed by atoms with van der Waals surface area (Å²) in [6.45, 7) is 4.37. The average molecular weight is 378 g/mol. The molecule has 0 aliphatic rings. The predicted octanol–water partition coefficient (Wildman–Crippen LogP) is 2.49. The van der Waals surface area contributed by atoms with Gasteiger partial charge in [-0.05, 0) is 61.4 Å². The van der Waals surface area contributed by atoms with Gasteiger partial charge in [-0.25, -0.2) is 12.8 Å². The summed E-state index contributed by atoms with van der Waals surface area (Å²) >= 11 is 0. The highest BCUT2D eigenvalue weighted by Crippen LogP contribution is 2.15. The molecule has 0 atom stereocenters. The van der Waals surface area contributed by atoms with Crippen LogP contribution in [0.1, 0.15) is 11.1 Å². The number of hydrogen-bond donors (Lipinski definition) is 2. The van der Waals surface area contributed by atoms with Crippen molar-refractivity contribution in [2.24, 2.45) is 10.7 Å². The molecule has 0 amide bonds. The predicted molar refractivity (Wildman–Crippen MR) is 102 cm³/mol. The summed E-state index contributed by atoms with van der Waals surface area (Å²) < 4.78 is 38.9. The van der Waals surface area contributed by atoms with Gasteiger partial charge in [0.2, 0.25) is 10.0 Å². The average Bonchev–Trinajstić information content (AvgIpc) is 2.58. The van der Waals surface area contributed by atoms with Crippen LogP contribution in [-0.2, 0) is 10.0 Å². The van der Waals surface area contributed by atoms with Gasteiger partial charge in [0, 0.05) is 19.3 Å². The van der Waals surface area contributed by atoms with Gasteiger partial charge < -0.3 is 11.1 Å². The van der Waals surface area contributed by atoms with E-state index in [1.807, 2.05) is 32.0 Å². The van der Waals surface area contributed by atoms with E-state index in [0.29, 0.717) is 0 Å². The van der Waals surface area contributed by atoms with E-state index in [1.54, 1.807) is 0 Å². The molecule has 26 heavy (non-hydrogen) atoms. The molecular weight excluding hydrogens is 355 g/mol. The van der Waals surface area contributed by atoms with Gasteiger partial charge in [0.15, 0.2) is 5.96 Å². The summed E-state index contributed by atoms with van der Waals surface area (Å²) in [6.07, 6.45) is 0. The second-order valence-electron chi connectivity index (χ2n) is 5.97. The SMILES string of the molecule is Cc1ccc(NC(N)=NCCN(C)S(=O)(=O)c2ccc(F)cc2)cc1C. The zero-order valence-corrected chi connectivity index (χ0v) is 15.8. The number of nitrogens with two attached hydrogens (primary N) is 1. The van der Waals surface area contributed by atoms with Gasteiger partial charge in [0.1, 0.15) is 5.82 Å². The number of likely N-dealkylation sites (N-methyl/N-ethyl adjacent to an activating group) is 1. The summed E-state index contributed by atoms with van der Waals surface area (Å²) in [5, 5.41) is 2.98. The minimum absolute atomic E-state index is 0.0339. The van der Waals surface area contributed by atoms with Crippen molar-refractivity contribution in [1.29, 1.82) is 0 Å². The van der Waals surface area contributed by atoms with Crippen LogP contribution in [0.3, 0.4) is 0 Å². The Labute approximate surface area is 153 Å². The molecule has 0 bridgehead atoms. The van der Waals surface area contributed by atoms with Crippen LogP contribution in [0.2, 0.25) is 0 Å². The molecule has 2 rings (SSSR count). The maximum atomic E-state index is 12.9. The summed E-state index contributed by atoms with van der Waals surface area (Å²) in [6, 6.07) is 10.5. The molecule has 140 valence electrons. The Morgan fingerprint density at radius 3 is 2.42 bits per heavy atom. The maximum absolute atomic E-state index is 12.9. The monoisotopic (exact) mass is 378 g/mol. The van der Waals surface area contributed by atoms with E-state index in [1.165, 1.54) is 24.7 Å². The van der Waals surface area contributed by atoms with Crippen molar-refractivity contribution in [2.45, 2.75) is 18.7 Å². The van der Waals surface area contributed by atoms with Gasteiger partial charge in [-0.2, -0.15) is 4.31 Å². The lowest BCUT2D eigenvalue weighted by atomic mass is 10.1. The topological polar surface area (TPSA) is 87.8 Å². The first-order chi connectivity index (χ1) is 12.2. The minimum atomic E-state index is -3.69. The lowest BCUT2D eigenvalue weighted by Crippen LogP contribution is -2.30. The van der Waals surface area contributed by atoms with Crippen molar-refractivity contribution in [1.82, 2.24) is 4.31 Å². The molecule has 2 aromatic rings. The molecule has 0 radical (unpaired) electrons. The third kappa shape index (κ3) is 5.03. The van der Waals surface area contributed by atoms with Crippen molar-refractivity contribution in [2.75, 3.05) is 25.5 Å². The molecule has 0 aromatic heterocycles. The third-order valence-electron chi connectivity index (χ3n) is 4.00. The molecular formula is C18H23FN4O2S. The van der Waals surface area contributed by atoms with E-state index >= 15 is 0 Å². The molecule has 8 heteroatoms. The highest BCUT2D eigenvalue weighted by Gasteiger charge is 2.20. The largest absolute Gasteiger partial charge is 0.370 e. The highest BCUT2D eigenvalue weighted by molar-refractivity contribution is 7.89. The zero-order valence-electron chi connectivity index (χ0n) is 15.0. The van der Waals surface area contributed by atoms with Crippen molar-refractivity contribution in [3.63, 3.8) is 0 Å². The molecule has 6 nitrogen and oxygen atoms in total. The molecule has 0 saturated carbocycles. The van der Waals surface area contributed by atoms with Crippen molar-refractivity contribution >= 4 is 21.7 Å². The number of anilines is 1. The Bertz CT molecular complexity index is 896. The van der Waals surface area contributed by atoms with E-state index in [9.17, 15) is 12.8 Å². The van der Waals surface area contributed by atoms with Crippen molar-refractivity contribution in [3.8, 4) is 0 Å². The van der Waals surface area contributed by atoms with Crippen LogP contribution >= 0.6 is 0 Å². The second kappa shape index (κ2) is 8.29. The summed E-state index contributed by atoms with van der Waals surface area (Å²) in [5.74, 6) is -0.276. The minimum Gasteiger partial charge on any atom is -0.370 e. The summed E-state index contributed by atoms with van der Waals surface area (Å²) in [5.41, 5.74) is 8.98. The first-order valence-corrected chi connectivity index (χ1v) is 9.50. The van der Waals surface area contributed by atoms with E-state index in [0.717, 1.165) is 27.7 Å². The fourth-order valence-corrected chi connectivity index (χ4v) is 3.39. The van der Waals surface area contributed by atoms with E-state index in [2.05, 4.69) is 10.3 Å². The van der Waals surface area contributed by atoms with Gasteiger partial charge in [0.25, 0.3) is 0 Å². The lowest BCUT2D eigenvalue weighted by Gasteiger charge is -2.16. The Balaban J connectivity index is 1.95. The van der Waals surface area contributed by atoms with Crippen molar-refractivity contribution < 1.29 is 12.8 Å². The summed E-state index contributed by atoms with van der Waals surface area (Å²) in [7, 11) is -2.24. The Morgan fingerprint density at radius 2 is 1.81 bits per heavy atom. The van der Waals surface area contributed by atoms with Crippen molar-refractivity contribution in [3.05, 3.63) is 59.4 Å². The van der Waals surface area contributed by atoms with Crippen LogP contribution in [0.4, 0.5) is 10.1 Å². The van der Waals surface area contributed by atoms with E-state index in [-0.39, 0.29) is 23.9 Å². The number of sulfonamides is 1. The smallest absolute Gasteiger partial charge is 0.242 e. The number of rotatable bonds is 6. The molecule has 2 aromatic carbocycles. The normalized spacial score (nSPS) is 12.4. The molecule has 0 aliphatic heterocycles. The number of aliphatic imine (C=N–C) groups is 1. The Kier molecular flexibility index (Phi) is 6.33. The first kappa shape index (κ1) is 19.9. The molecule has 0 fully saturated rings. The third-order valence-corrected chi connectivity index (χ3v) is 5.87. The van der Waals surface area contributed by atoms with Crippen LogP contribution < -0.4 is 11.1 Å².